The number of pyridine rings is 1. The van der Waals surface area contributed by atoms with Gasteiger partial charge in [0.15, 0.2) is 5.82 Å². The third-order valence-electron chi connectivity index (χ3n) is 3.54. The maximum absolute atomic E-state index is 4.64. The van der Waals surface area contributed by atoms with Crippen molar-refractivity contribution in [2.45, 2.75) is 26.7 Å². The van der Waals surface area contributed by atoms with Crippen molar-refractivity contribution >= 4 is 11.5 Å². The van der Waals surface area contributed by atoms with Crippen molar-refractivity contribution in [1.82, 2.24) is 19.4 Å². The van der Waals surface area contributed by atoms with Gasteiger partial charge in [-0.15, -0.1) is 0 Å². The minimum absolute atomic E-state index is 0.377. The summed E-state index contributed by atoms with van der Waals surface area (Å²) in [5.41, 5.74) is 3.84. The number of nitrogens with one attached hydrogen (secondary N) is 1. The Bertz CT molecular complexity index is 755. The number of anilines is 1. The van der Waals surface area contributed by atoms with Crippen LogP contribution >= 0.6 is 0 Å². The average molecular weight is 281 g/mol. The molecule has 0 bridgehead atoms. The number of hydrogen-bond donors (Lipinski definition) is 1. The first-order valence-electron chi connectivity index (χ1n) is 7.10. The van der Waals surface area contributed by atoms with Crippen LogP contribution < -0.4 is 5.32 Å². The van der Waals surface area contributed by atoms with E-state index in [4.69, 9.17) is 0 Å². The standard InChI is InChI=1S/C16H19N5/c1-10(2)14-11(3)18-15(20-16(14)17-4)12-9-21-8-6-5-7-13(21)19-12/h5-10H,1-4H3,(H,17,18,20). The fraction of sp³-hybridized carbons (Fsp3) is 0.312. The molecule has 0 aliphatic heterocycles. The summed E-state index contributed by atoms with van der Waals surface area (Å²) in [5.74, 6) is 1.91. The lowest BCUT2D eigenvalue weighted by Gasteiger charge is -2.14. The molecule has 5 nitrogen and oxygen atoms in total. The number of nitrogens with zero attached hydrogens (tertiary/aromatic N) is 4. The largest absolute Gasteiger partial charge is 0.373 e. The predicted octanol–water partition coefficient (Wildman–Crippen LogP) is 3.26. The van der Waals surface area contributed by atoms with Crippen molar-refractivity contribution in [3.05, 3.63) is 41.9 Å². The Morgan fingerprint density at radius 3 is 2.62 bits per heavy atom. The molecular formula is C16H19N5. The SMILES string of the molecule is CNc1nc(-c2cn3ccccc3n2)nc(C)c1C(C)C. The molecule has 0 unspecified atom stereocenters. The fourth-order valence-corrected chi connectivity index (χ4v) is 2.62. The van der Waals surface area contributed by atoms with Crippen LogP contribution in [0.15, 0.2) is 30.6 Å². The molecule has 5 heteroatoms. The molecule has 0 fully saturated rings. The topological polar surface area (TPSA) is 55.1 Å². The van der Waals surface area contributed by atoms with Crippen LogP contribution in [0.4, 0.5) is 5.82 Å². The smallest absolute Gasteiger partial charge is 0.182 e. The van der Waals surface area contributed by atoms with Gasteiger partial charge in [0.05, 0.1) is 0 Å². The lowest BCUT2D eigenvalue weighted by Crippen LogP contribution is -2.07. The van der Waals surface area contributed by atoms with Crippen molar-refractivity contribution in [3.8, 4) is 11.5 Å². The van der Waals surface area contributed by atoms with Crippen LogP contribution in [0.1, 0.15) is 31.0 Å². The molecule has 3 aromatic heterocycles. The van der Waals surface area contributed by atoms with Crippen LogP contribution in [0.5, 0.6) is 0 Å². The molecular weight excluding hydrogens is 262 g/mol. The first-order chi connectivity index (χ1) is 10.1. The molecule has 0 radical (unpaired) electrons. The molecule has 0 aliphatic carbocycles. The molecule has 0 amide bonds. The van der Waals surface area contributed by atoms with E-state index in [1.165, 1.54) is 0 Å². The minimum Gasteiger partial charge on any atom is -0.373 e. The van der Waals surface area contributed by atoms with Gasteiger partial charge in [-0.25, -0.2) is 15.0 Å². The Kier molecular flexibility index (Phi) is 3.33. The molecule has 21 heavy (non-hydrogen) atoms. The van der Waals surface area contributed by atoms with Crippen LogP contribution in [0, 0.1) is 6.92 Å². The van der Waals surface area contributed by atoms with E-state index in [1.807, 2.05) is 49.0 Å². The summed E-state index contributed by atoms with van der Waals surface area (Å²) >= 11 is 0. The van der Waals surface area contributed by atoms with Gasteiger partial charge in [-0.3, -0.25) is 0 Å². The van der Waals surface area contributed by atoms with Crippen molar-refractivity contribution in [2.75, 3.05) is 12.4 Å². The Morgan fingerprint density at radius 2 is 1.95 bits per heavy atom. The van der Waals surface area contributed by atoms with Crippen molar-refractivity contribution < 1.29 is 0 Å². The van der Waals surface area contributed by atoms with E-state index in [0.717, 1.165) is 28.4 Å². The van der Waals surface area contributed by atoms with Crippen molar-refractivity contribution in [1.29, 1.82) is 0 Å². The van der Waals surface area contributed by atoms with E-state index in [1.54, 1.807) is 0 Å². The summed E-state index contributed by atoms with van der Waals surface area (Å²) in [6, 6.07) is 5.92. The van der Waals surface area contributed by atoms with Crippen LogP contribution in [-0.2, 0) is 0 Å². The Morgan fingerprint density at radius 1 is 1.14 bits per heavy atom. The fourth-order valence-electron chi connectivity index (χ4n) is 2.62. The highest BCUT2D eigenvalue weighted by molar-refractivity contribution is 5.60. The number of hydrogen-bond acceptors (Lipinski definition) is 4. The van der Waals surface area contributed by atoms with Gasteiger partial charge in [-0.05, 0) is 25.0 Å². The maximum atomic E-state index is 4.64. The summed E-state index contributed by atoms with van der Waals surface area (Å²) in [5, 5.41) is 3.18. The molecule has 1 N–H and O–H groups in total. The number of aromatic nitrogens is 4. The quantitative estimate of drug-likeness (QED) is 0.800. The van der Waals surface area contributed by atoms with Crippen LogP contribution in [0.2, 0.25) is 0 Å². The van der Waals surface area contributed by atoms with E-state index in [0.29, 0.717) is 11.7 Å². The van der Waals surface area contributed by atoms with Gasteiger partial charge in [0.1, 0.15) is 17.2 Å². The number of imidazole rings is 1. The zero-order valence-electron chi connectivity index (χ0n) is 12.8. The van der Waals surface area contributed by atoms with E-state index < -0.39 is 0 Å². The highest BCUT2D eigenvalue weighted by Gasteiger charge is 2.16. The number of rotatable bonds is 3. The van der Waals surface area contributed by atoms with Gasteiger partial charge in [0.25, 0.3) is 0 Å². The highest BCUT2D eigenvalue weighted by atomic mass is 15.1. The van der Waals surface area contributed by atoms with Crippen LogP contribution in [0.25, 0.3) is 17.2 Å². The molecule has 108 valence electrons. The van der Waals surface area contributed by atoms with Gasteiger partial charge >= 0.3 is 0 Å². The van der Waals surface area contributed by atoms with Crippen molar-refractivity contribution in [2.24, 2.45) is 0 Å². The summed E-state index contributed by atoms with van der Waals surface area (Å²) in [6.45, 7) is 6.32. The van der Waals surface area contributed by atoms with Crippen LogP contribution in [-0.4, -0.2) is 26.4 Å². The number of fused-ring (bicyclic) bond motifs is 1. The second kappa shape index (κ2) is 5.16. The minimum atomic E-state index is 0.377. The second-order valence-electron chi connectivity index (χ2n) is 5.39. The molecule has 0 atom stereocenters. The normalized spacial score (nSPS) is 11.3. The van der Waals surface area contributed by atoms with Crippen molar-refractivity contribution in [3.63, 3.8) is 0 Å². The second-order valence-corrected chi connectivity index (χ2v) is 5.39. The summed E-state index contributed by atoms with van der Waals surface area (Å²) in [6.07, 6.45) is 3.93. The molecule has 0 aliphatic rings. The summed E-state index contributed by atoms with van der Waals surface area (Å²) in [4.78, 5) is 13.9. The average Bonchev–Trinajstić information content (AvgIpc) is 2.89. The van der Waals surface area contributed by atoms with Gasteiger partial charge in [-0.2, -0.15) is 0 Å². The van der Waals surface area contributed by atoms with E-state index >= 15 is 0 Å². The summed E-state index contributed by atoms with van der Waals surface area (Å²) in [7, 11) is 1.89. The number of aryl methyl sites for hydroxylation is 1. The monoisotopic (exact) mass is 281 g/mol. The Hall–Kier alpha value is -2.43. The molecule has 0 aromatic carbocycles. The molecule has 3 rings (SSSR count). The molecule has 0 saturated carbocycles. The highest BCUT2D eigenvalue weighted by Crippen LogP contribution is 2.27. The Balaban J connectivity index is 2.16. The lowest BCUT2D eigenvalue weighted by atomic mass is 10.0. The first-order valence-corrected chi connectivity index (χ1v) is 7.10. The zero-order chi connectivity index (χ0) is 15.0. The predicted molar refractivity (Wildman–Crippen MR) is 84.6 cm³/mol. The third-order valence-corrected chi connectivity index (χ3v) is 3.54. The van der Waals surface area contributed by atoms with Crippen LogP contribution in [0.3, 0.4) is 0 Å². The van der Waals surface area contributed by atoms with E-state index in [2.05, 4.69) is 34.1 Å². The zero-order valence-corrected chi connectivity index (χ0v) is 12.8. The molecule has 0 spiro atoms. The third kappa shape index (κ3) is 2.35. The van der Waals surface area contributed by atoms with Gasteiger partial charge in [0.2, 0.25) is 0 Å². The van der Waals surface area contributed by atoms with E-state index in [-0.39, 0.29) is 0 Å². The lowest BCUT2D eigenvalue weighted by molar-refractivity contribution is 0.833. The maximum Gasteiger partial charge on any atom is 0.182 e. The molecule has 0 saturated heterocycles. The summed E-state index contributed by atoms with van der Waals surface area (Å²) < 4.78 is 1.98. The molecule has 3 heterocycles. The Labute approximate surface area is 124 Å². The first kappa shape index (κ1) is 13.5. The van der Waals surface area contributed by atoms with Gasteiger partial charge in [0, 0.05) is 30.7 Å². The van der Waals surface area contributed by atoms with E-state index in [9.17, 15) is 0 Å². The molecule has 3 aromatic rings. The van der Waals surface area contributed by atoms with Gasteiger partial charge in [-0.1, -0.05) is 19.9 Å². The van der Waals surface area contributed by atoms with Gasteiger partial charge < -0.3 is 9.72 Å².